The number of aliphatic carboxylic acids is 1. The molecule has 0 spiro atoms. The van der Waals surface area contributed by atoms with Gasteiger partial charge in [0.2, 0.25) is 5.91 Å². The zero-order chi connectivity index (χ0) is 19.7. The monoisotopic (exact) mass is 384 g/mol. The van der Waals surface area contributed by atoms with Gasteiger partial charge in [0.05, 0.1) is 6.21 Å². The highest BCUT2D eigenvalue weighted by atomic mass is 16.6. The molecule has 13 heteroatoms. The largest absolute Gasteiger partial charge is 0.479 e. The Morgan fingerprint density at radius 1 is 1.26 bits per heavy atom. The molecule has 5 atom stereocenters. The van der Waals surface area contributed by atoms with Crippen molar-refractivity contribution in [1.82, 2.24) is 10.3 Å². The first kappa shape index (κ1) is 18.8. The summed E-state index contributed by atoms with van der Waals surface area (Å²) in [5.74, 6) is -1.79. The molecule has 5 unspecified atom stereocenters. The molecule has 3 rings (SSSR count). The number of hydrogen-bond acceptors (Lipinski definition) is 10. The third-order valence-corrected chi connectivity index (χ3v) is 3.87. The molecule has 0 aromatic carbocycles. The Morgan fingerprint density at radius 3 is 2.63 bits per heavy atom. The topological polar surface area (TPSA) is 194 Å². The van der Waals surface area contributed by atoms with Crippen molar-refractivity contribution in [2.24, 2.45) is 5.10 Å². The predicted octanol–water partition coefficient (Wildman–Crippen LogP) is -2.53. The Labute approximate surface area is 150 Å². The molecule has 1 aromatic heterocycles. The maximum absolute atomic E-state index is 11.4. The van der Waals surface area contributed by atoms with Gasteiger partial charge in [-0.3, -0.25) is 10.1 Å². The van der Waals surface area contributed by atoms with Gasteiger partial charge >= 0.3 is 12.0 Å². The molecule has 13 nitrogen and oxygen atoms in total. The number of hydrogen-bond donors (Lipinski definition) is 6. The Morgan fingerprint density at radius 2 is 2.00 bits per heavy atom. The Bertz CT molecular complexity index is 778. The van der Waals surface area contributed by atoms with Gasteiger partial charge in [-0.15, -0.1) is 0 Å². The number of carbonyl (C=O) groups excluding carboxylic acids is 2. The Kier molecular flexibility index (Phi) is 5.09. The van der Waals surface area contributed by atoms with Gasteiger partial charge in [0.25, 0.3) is 0 Å². The first-order chi connectivity index (χ1) is 12.8. The van der Waals surface area contributed by atoms with Gasteiger partial charge in [0.1, 0.15) is 30.6 Å². The van der Waals surface area contributed by atoms with E-state index in [4.69, 9.17) is 14.3 Å². The summed E-state index contributed by atoms with van der Waals surface area (Å²) in [5, 5.41) is 47.6. The number of rotatable bonds is 5. The summed E-state index contributed by atoms with van der Waals surface area (Å²) in [6.45, 7) is -0.222. The van der Waals surface area contributed by atoms with Crippen molar-refractivity contribution < 1.29 is 44.0 Å². The number of hydrazone groups is 1. The SMILES string of the molecule is O=C1CN(/N=C/c2ccc(NC3OC(C(=O)O)C(O)C(O)C3O)o2)C(=O)N1. The second kappa shape index (κ2) is 7.32. The molecular formula is C14H16N4O9. The van der Waals surface area contributed by atoms with E-state index >= 15 is 0 Å². The molecule has 6 N–H and O–H groups in total. The maximum atomic E-state index is 11.4. The standard InChI is InChI=1S/C14H16N4O9/c19-6-4-18(14(25)16-6)15-3-5-1-2-7(26-5)17-12-10(22)8(20)9(21)11(27-12)13(23)24/h1-3,8-12,17,20-22H,4H2,(H,23,24)(H,16,19,25)/b15-3+. The summed E-state index contributed by atoms with van der Waals surface area (Å²) in [6.07, 6.45) is -7.13. The highest BCUT2D eigenvalue weighted by molar-refractivity contribution is 6.02. The third-order valence-electron chi connectivity index (χ3n) is 3.87. The van der Waals surface area contributed by atoms with Crippen LogP contribution in [0.2, 0.25) is 0 Å². The van der Waals surface area contributed by atoms with Crippen molar-refractivity contribution >= 4 is 30.0 Å². The second-order valence-electron chi connectivity index (χ2n) is 5.79. The Balaban J connectivity index is 1.65. The molecule has 1 aromatic rings. The number of nitrogens with zero attached hydrogens (tertiary/aromatic N) is 2. The van der Waals surface area contributed by atoms with Crippen molar-refractivity contribution in [3.05, 3.63) is 17.9 Å². The van der Waals surface area contributed by atoms with Gasteiger partial charge in [0, 0.05) is 6.07 Å². The van der Waals surface area contributed by atoms with Crippen LogP contribution < -0.4 is 10.6 Å². The fourth-order valence-electron chi connectivity index (χ4n) is 2.49. The lowest BCUT2D eigenvalue weighted by Gasteiger charge is -2.38. The highest BCUT2D eigenvalue weighted by Crippen LogP contribution is 2.24. The summed E-state index contributed by atoms with van der Waals surface area (Å²) in [7, 11) is 0. The molecule has 0 saturated carbocycles. The first-order valence-corrected chi connectivity index (χ1v) is 7.70. The van der Waals surface area contributed by atoms with E-state index in [2.05, 4.69) is 10.4 Å². The smallest absolute Gasteiger partial charge is 0.344 e. The van der Waals surface area contributed by atoms with Gasteiger partial charge in [-0.2, -0.15) is 5.10 Å². The van der Waals surface area contributed by atoms with Crippen molar-refractivity contribution in [1.29, 1.82) is 0 Å². The number of ether oxygens (including phenoxy) is 1. The summed E-state index contributed by atoms with van der Waals surface area (Å²) in [5.41, 5.74) is 0. The van der Waals surface area contributed by atoms with E-state index in [9.17, 15) is 29.7 Å². The van der Waals surface area contributed by atoms with Crippen molar-refractivity contribution in [3.8, 4) is 0 Å². The molecule has 2 saturated heterocycles. The second-order valence-corrected chi connectivity index (χ2v) is 5.79. The molecule has 27 heavy (non-hydrogen) atoms. The minimum atomic E-state index is -1.80. The number of carbonyl (C=O) groups is 3. The summed E-state index contributed by atoms with van der Waals surface area (Å²) in [6, 6.07) is 2.17. The van der Waals surface area contributed by atoms with E-state index < -0.39 is 48.6 Å². The van der Waals surface area contributed by atoms with Gasteiger partial charge in [0.15, 0.2) is 18.2 Å². The van der Waals surface area contributed by atoms with Crippen molar-refractivity contribution in [2.75, 3.05) is 11.9 Å². The van der Waals surface area contributed by atoms with Gasteiger partial charge in [-0.05, 0) is 6.07 Å². The zero-order valence-corrected chi connectivity index (χ0v) is 13.6. The molecule has 0 radical (unpaired) electrons. The summed E-state index contributed by atoms with van der Waals surface area (Å²) < 4.78 is 10.4. The van der Waals surface area contributed by atoms with Crippen molar-refractivity contribution in [2.45, 2.75) is 30.6 Å². The lowest BCUT2D eigenvalue weighted by atomic mass is 9.98. The number of aliphatic hydroxyl groups is 3. The molecule has 0 aliphatic carbocycles. The lowest BCUT2D eigenvalue weighted by Crippen LogP contribution is -2.61. The van der Waals surface area contributed by atoms with E-state index in [0.29, 0.717) is 0 Å². The number of carboxylic acids is 1. The molecule has 2 aliphatic heterocycles. The number of carboxylic acid groups (broad SMARTS) is 1. The number of amides is 3. The fraction of sp³-hybridized carbons (Fsp3) is 0.429. The van der Waals surface area contributed by atoms with Crippen molar-refractivity contribution in [3.63, 3.8) is 0 Å². The molecule has 146 valence electrons. The van der Waals surface area contributed by atoms with E-state index in [1.807, 2.05) is 5.32 Å². The van der Waals surface area contributed by atoms with Crippen LogP contribution in [0.15, 0.2) is 21.7 Å². The van der Waals surface area contributed by atoms with Gasteiger partial charge < -0.3 is 34.9 Å². The van der Waals surface area contributed by atoms with Crippen LogP contribution in [0.1, 0.15) is 5.76 Å². The molecule has 2 aliphatic rings. The minimum Gasteiger partial charge on any atom is -0.479 e. The summed E-state index contributed by atoms with van der Waals surface area (Å²) >= 11 is 0. The van der Waals surface area contributed by atoms with Crippen LogP contribution >= 0.6 is 0 Å². The number of urea groups is 1. The predicted molar refractivity (Wildman–Crippen MR) is 84.5 cm³/mol. The molecule has 0 bridgehead atoms. The number of imide groups is 1. The van der Waals surface area contributed by atoms with Crippen LogP contribution in [0.25, 0.3) is 0 Å². The Hall–Kier alpha value is -3.00. The van der Waals surface area contributed by atoms with Gasteiger partial charge in [-0.1, -0.05) is 0 Å². The first-order valence-electron chi connectivity index (χ1n) is 7.70. The lowest BCUT2D eigenvalue weighted by molar-refractivity contribution is -0.221. The number of aliphatic hydroxyl groups excluding tert-OH is 3. The minimum absolute atomic E-state index is 0.0372. The molecule has 3 amide bonds. The molecular weight excluding hydrogens is 368 g/mol. The molecule has 2 fully saturated rings. The van der Waals surface area contributed by atoms with Crippen LogP contribution in [-0.4, -0.2) is 86.7 Å². The van der Waals surface area contributed by atoms with Gasteiger partial charge in [-0.25, -0.2) is 14.6 Å². The van der Waals surface area contributed by atoms with E-state index in [1.54, 1.807) is 0 Å². The van der Waals surface area contributed by atoms with E-state index in [-0.39, 0.29) is 18.2 Å². The van der Waals surface area contributed by atoms with Crippen LogP contribution in [0.4, 0.5) is 10.7 Å². The highest BCUT2D eigenvalue weighted by Gasteiger charge is 2.47. The normalized spacial score (nSPS) is 31.4. The quantitative estimate of drug-likeness (QED) is 0.233. The average Bonchev–Trinajstić information content (AvgIpc) is 3.18. The number of furan rings is 1. The van der Waals surface area contributed by atoms with Crippen LogP contribution in [0.5, 0.6) is 0 Å². The summed E-state index contributed by atoms with van der Waals surface area (Å²) in [4.78, 5) is 33.5. The van der Waals surface area contributed by atoms with Crippen LogP contribution in [0.3, 0.4) is 0 Å². The third kappa shape index (κ3) is 3.90. The number of nitrogens with one attached hydrogen (secondary N) is 2. The van der Waals surface area contributed by atoms with Crippen LogP contribution in [0, 0.1) is 0 Å². The van der Waals surface area contributed by atoms with E-state index in [1.165, 1.54) is 18.3 Å². The maximum Gasteiger partial charge on any atom is 0.344 e. The average molecular weight is 384 g/mol. The fourth-order valence-corrected chi connectivity index (χ4v) is 2.49. The van der Waals surface area contributed by atoms with Crippen LogP contribution in [-0.2, 0) is 14.3 Å². The van der Waals surface area contributed by atoms with E-state index in [0.717, 1.165) is 5.01 Å². The molecule has 3 heterocycles. The zero-order valence-electron chi connectivity index (χ0n) is 13.6. The number of anilines is 1.